The molecule has 1 saturated carbocycles. The largest absolute Gasteiger partial charge is 0.381 e. The monoisotopic (exact) mass is 346 g/mol. The summed E-state index contributed by atoms with van der Waals surface area (Å²) in [7, 11) is 0. The molecule has 1 aliphatic carbocycles. The number of likely N-dealkylation sites (tertiary alicyclic amines) is 1. The number of carbonyl (C=O) groups excluding carboxylic acids is 1. The minimum Gasteiger partial charge on any atom is -0.381 e. The summed E-state index contributed by atoms with van der Waals surface area (Å²) < 4.78 is 7.72. The van der Waals surface area contributed by atoms with Crippen LogP contribution in [0.1, 0.15) is 50.8 Å². The highest BCUT2D eigenvalue weighted by molar-refractivity contribution is 5.75. The number of aromatic nitrogens is 2. The second-order valence-electron chi connectivity index (χ2n) is 7.99. The lowest BCUT2D eigenvalue weighted by molar-refractivity contribution is 0.00532. The summed E-state index contributed by atoms with van der Waals surface area (Å²) in [5.74, 6) is 1.02. The third-order valence-corrected chi connectivity index (χ3v) is 6.66. The SMILES string of the molecule is Cc1nccn1C[C@@H]1CCCN1C(=O)N[C@@H]1CCCC12CCOCC2. The molecule has 2 atom stereocenters. The molecule has 0 aromatic carbocycles. The molecular formula is C19H30N4O2. The topological polar surface area (TPSA) is 59.4 Å². The summed E-state index contributed by atoms with van der Waals surface area (Å²) in [6.07, 6.45) is 11.8. The van der Waals surface area contributed by atoms with E-state index in [1.165, 1.54) is 12.8 Å². The van der Waals surface area contributed by atoms with Gasteiger partial charge in [0, 0.05) is 44.7 Å². The Hall–Kier alpha value is -1.56. The minimum atomic E-state index is 0.137. The van der Waals surface area contributed by atoms with E-state index >= 15 is 0 Å². The van der Waals surface area contributed by atoms with Gasteiger partial charge in [0.1, 0.15) is 5.82 Å². The number of rotatable bonds is 3. The molecule has 3 heterocycles. The maximum Gasteiger partial charge on any atom is 0.317 e. The Morgan fingerprint density at radius 3 is 2.92 bits per heavy atom. The second-order valence-corrected chi connectivity index (χ2v) is 7.99. The standard InChI is InChI=1S/C19H30N4O2/c1-15-20-9-11-22(15)14-16-4-3-10-23(16)18(24)21-17-5-2-6-19(17)7-12-25-13-8-19/h9,11,16-17H,2-8,10,12-14H2,1H3,(H,21,24)/t16-,17+/m0/s1. The first-order valence-electron chi connectivity index (χ1n) is 9.81. The molecule has 1 aromatic heterocycles. The van der Waals surface area contributed by atoms with Crippen molar-refractivity contribution in [2.24, 2.45) is 5.41 Å². The summed E-state index contributed by atoms with van der Waals surface area (Å²) in [6.45, 7) is 5.43. The van der Waals surface area contributed by atoms with Crippen LogP contribution in [0.25, 0.3) is 0 Å². The predicted octanol–water partition coefficient (Wildman–Crippen LogP) is 2.71. The molecule has 6 nitrogen and oxygen atoms in total. The van der Waals surface area contributed by atoms with Crippen LogP contribution in [0.4, 0.5) is 4.79 Å². The molecule has 138 valence electrons. The molecule has 4 rings (SSSR count). The van der Waals surface area contributed by atoms with Crippen molar-refractivity contribution < 1.29 is 9.53 Å². The van der Waals surface area contributed by atoms with Gasteiger partial charge in [-0.05, 0) is 50.9 Å². The fourth-order valence-electron chi connectivity index (χ4n) is 5.09. The quantitative estimate of drug-likeness (QED) is 0.915. The van der Waals surface area contributed by atoms with E-state index in [0.717, 1.165) is 64.2 Å². The van der Waals surface area contributed by atoms with Crippen LogP contribution in [-0.2, 0) is 11.3 Å². The molecule has 3 aliphatic rings. The van der Waals surface area contributed by atoms with E-state index in [2.05, 4.69) is 19.8 Å². The first-order valence-corrected chi connectivity index (χ1v) is 9.81. The van der Waals surface area contributed by atoms with Crippen LogP contribution in [0.5, 0.6) is 0 Å². The lowest BCUT2D eigenvalue weighted by Crippen LogP contribution is -2.52. The van der Waals surface area contributed by atoms with Crippen molar-refractivity contribution in [2.75, 3.05) is 19.8 Å². The summed E-state index contributed by atoms with van der Waals surface area (Å²) in [5, 5.41) is 3.41. The van der Waals surface area contributed by atoms with Crippen LogP contribution in [0, 0.1) is 12.3 Å². The Labute approximate surface area is 149 Å². The molecule has 0 radical (unpaired) electrons. The van der Waals surface area contributed by atoms with Gasteiger partial charge in [0.05, 0.1) is 6.04 Å². The van der Waals surface area contributed by atoms with Crippen molar-refractivity contribution in [2.45, 2.75) is 70.5 Å². The first-order chi connectivity index (χ1) is 12.2. The average molecular weight is 346 g/mol. The number of ether oxygens (including phenoxy) is 1. The average Bonchev–Trinajstić information content (AvgIpc) is 3.32. The summed E-state index contributed by atoms with van der Waals surface area (Å²) in [5.41, 5.74) is 0.282. The van der Waals surface area contributed by atoms with Crippen molar-refractivity contribution in [3.05, 3.63) is 18.2 Å². The van der Waals surface area contributed by atoms with E-state index in [0.29, 0.717) is 6.04 Å². The number of hydrogen-bond donors (Lipinski definition) is 1. The minimum absolute atomic E-state index is 0.137. The van der Waals surface area contributed by atoms with Crippen LogP contribution in [0.3, 0.4) is 0 Å². The molecule has 25 heavy (non-hydrogen) atoms. The number of carbonyl (C=O) groups is 1. The number of hydrogen-bond acceptors (Lipinski definition) is 3. The molecule has 0 unspecified atom stereocenters. The number of nitrogens with zero attached hydrogens (tertiary/aromatic N) is 3. The fraction of sp³-hybridized carbons (Fsp3) is 0.789. The highest BCUT2D eigenvalue weighted by Crippen LogP contribution is 2.46. The van der Waals surface area contributed by atoms with Crippen LogP contribution in [0.15, 0.2) is 12.4 Å². The van der Waals surface area contributed by atoms with Gasteiger partial charge < -0.3 is 19.5 Å². The van der Waals surface area contributed by atoms with Crippen LogP contribution in [0.2, 0.25) is 0 Å². The molecule has 6 heteroatoms. The highest BCUT2D eigenvalue weighted by atomic mass is 16.5. The molecule has 1 spiro atoms. The van der Waals surface area contributed by atoms with Gasteiger partial charge in [0.25, 0.3) is 0 Å². The third kappa shape index (κ3) is 3.28. The van der Waals surface area contributed by atoms with Crippen molar-refractivity contribution in [1.29, 1.82) is 0 Å². The zero-order valence-corrected chi connectivity index (χ0v) is 15.2. The molecule has 2 aliphatic heterocycles. The van der Waals surface area contributed by atoms with E-state index in [9.17, 15) is 4.79 Å². The number of nitrogens with one attached hydrogen (secondary N) is 1. The van der Waals surface area contributed by atoms with Crippen LogP contribution in [-0.4, -0.2) is 52.3 Å². The maximum absolute atomic E-state index is 13.0. The van der Waals surface area contributed by atoms with Crippen molar-refractivity contribution in [3.63, 3.8) is 0 Å². The smallest absolute Gasteiger partial charge is 0.317 e. The first kappa shape index (κ1) is 16.9. The van der Waals surface area contributed by atoms with Crippen LogP contribution < -0.4 is 5.32 Å². The van der Waals surface area contributed by atoms with E-state index in [-0.39, 0.29) is 17.5 Å². The van der Waals surface area contributed by atoms with E-state index in [1.54, 1.807) is 0 Å². The third-order valence-electron chi connectivity index (χ3n) is 6.66. The molecule has 1 aromatic rings. The highest BCUT2D eigenvalue weighted by Gasteiger charge is 2.45. The summed E-state index contributed by atoms with van der Waals surface area (Å²) in [6, 6.07) is 0.734. The second kappa shape index (κ2) is 6.98. The Morgan fingerprint density at radius 2 is 2.16 bits per heavy atom. The van der Waals surface area contributed by atoms with Crippen LogP contribution >= 0.6 is 0 Å². The molecule has 2 amide bonds. The predicted molar refractivity (Wildman–Crippen MR) is 95.3 cm³/mol. The number of imidazole rings is 1. The summed E-state index contributed by atoms with van der Waals surface area (Å²) in [4.78, 5) is 19.4. The number of urea groups is 1. The van der Waals surface area contributed by atoms with E-state index in [1.807, 2.05) is 19.3 Å². The lowest BCUT2D eigenvalue weighted by atomic mass is 9.75. The van der Waals surface area contributed by atoms with Gasteiger partial charge in [0.15, 0.2) is 0 Å². The van der Waals surface area contributed by atoms with Crippen molar-refractivity contribution >= 4 is 6.03 Å². The Bertz CT molecular complexity index is 608. The molecule has 3 fully saturated rings. The maximum atomic E-state index is 13.0. The zero-order chi connectivity index (χ0) is 17.3. The van der Waals surface area contributed by atoms with Gasteiger partial charge in [-0.3, -0.25) is 0 Å². The summed E-state index contributed by atoms with van der Waals surface area (Å²) >= 11 is 0. The van der Waals surface area contributed by atoms with Gasteiger partial charge in [0.2, 0.25) is 0 Å². The Balaban J connectivity index is 1.40. The molecule has 1 N–H and O–H groups in total. The van der Waals surface area contributed by atoms with Gasteiger partial charge in [-0.15, -0.1) is 0 Å². The van der Waals surface area contributed by atoms with Gasteiger partial charge in [-0.2, -0.15) is 0 Å². The molecular weight excluding hydrogens is 316 g/mol. The van der Waals surface area contributed by atoms with Gasteiger partial charge in [-0.25, -0.2) is 9.78 Å². The van der Waals surface area contributed by atoms with E-state index in [4.69, 9.17) is 4.74 Å². The number of aryl methyl sites for hydroxylation is 1. The van der Waals surface area contributed by atoms with Gasteiger partial charge in [-0.1, -0.05) is 6.42 Å². The molecule has 0 bridgehead atoms. The van der Waals surface area contributed by atoms with Gasteiger partial charge >= 0.3 is 6.03 Å². The number of amides is 2. The van der Waals surface area contributed by atoms with Crippen molar-refractivity contribution in [1.82, 2.24) is 19.8 Å². The lowest BCUT2D eigenvalue weighted by Gasteiger charge is -2.40. The zero-order valence-electron chi connectivity index (χ0n) is 15.2. The Morgan fingerprint density at radius 1 is 1.32 bits per heavy atom. The fourth-order valence-corrected chi connectivity index (χ4v) is 5.09. The van der Waals surface area contributed by atoms with E-state index < -0.39 is 0 Å². The Kier molecular flexibility index (Phi) is 4.71. The normalized spacial score (nSPS) is 28.6. The molecule has 2 saturated heterocycles. The van der Waals surface area contributed by atoms with Crippen molar-refractivity contribution in [3.8, 4) is 0 Å².